The molecule has 1 fully saturated rings. The molecule has 0 saturated heterocycles. The lowest BCUT2D eigenvalue weighted by Gasteiger charge is -2.24. The van der Waals surface area contributed by atoms with Crippen LogP contribution >= 0.6 is 0 Å². The van der Waals surface area contributed by atoms with Crippen LogP contribution in [0.15, 0.2) is 12.2 Å². The molecule has 2 aliphatic carbocycles. The van der Waals surface area contributed by atoms with Crippen LogP contribution < -0.4 is 5.32 Å². The first-order valence-corrected chi connectivity index (χ1v) is 6.29. The number of methoxy groups -OCH3 is 1. The van der Waals surface area contributed by atoms with Gasteiger partial charge in [0.15, 0.2) is 0 Å². The van der Waals surface area contributed by atoms with Gasteiger partial charge in [-0.25, -0.2) is 0 Å². The van der Waals surface area contributed by atoms with Crippen LogP contribution in [0, 0.1) is 17.8 Å². The van der Waals surface area contributed by atoms with Crippen molar-refractivity contribution < 1.29 is 14.6 Å². The Balaban J connectivity index is 1.83. The van der Waals surface area contributed by atoms with Crippen LogP contribution in [-0.4, -0.2) is 36.9 Å². The van der Waals surface area contributed by atoms with Crippen LogP contribution in [0.4, 0.5) is 0 Å². The predicted molar refractivity (Wildman–Crippen MR) is 64.3 cm³/mol. The van der Waals surface area contributed by atoms with E-state index in [9.17, 15) is 9.90 Å². The van der Waals surface area contributed by atoms with Gasteiger partial charge in [-0.3, -0.25) is 4.79 Å². The van der Waals surface area contributed by atoms with E-state index in [2.05, 4.69) is 22.2 Å². The van der Waals surface area contributed by atoms with E-state index in [0.29, 0.717) is 11.8 Å². The summed E-state index contributed by atoms with van der Waals surface area (Å²) < 4.78 is 4.68. The number of carbonyl (C=O) groups excluding carboxylic acids is 1. The van der Waals surface area contributed by atoms with Crippen molar-refractivity contribution in [1.29, 1.82) is 0 Å². The molecule has 17 heavy (non-hydrogen) atoms. The fraction of sp³-hybridized carbons (Fsp3) is 0.769. The lowest BCUT2D eigenvalue weighted by atomic mass is 9.93. The summed E-state index contributed by atoms with van der Waals surface area (Å²) in [5.41, 5.74) is 0. The molecule has 0 radical (unpaired) electrons. The number of hydrogen-bond acceptors (Lipinski definition) is 4. The zero-order chi connectivity index (χ0) is 12.4. The molecule has 0 amide bonds. The topological polar surface area (TPSA) is 58.6 Å². The zero-order valence-electron chi connectivity index (χ0n) is 10.4. The van der Waals surface area contributed by atoms with Gasteiger partial charge in [-0.15, -0.1) is 0 Å². The molecule has 2 N–H and O–H groups in total. The highest BCUT2D eigenvalue weighted by atomic mass is 16.5. The molecule has 0 aromatic heterocycles. The molecule has 0 unspecified atom stereocenters. The molecule has 96 valence electrons. The van der Waals surface area contributed by atoms with E-state index in [1.165, 1.54) is 20.0 Å². The first kappa shape index (κ1) is 12.6. The van der Waals surface area contributed by atoms with Crippen LogP contribution in [0.25, 0.3) is 0 Å². The number of allylic oxidation sites excluding steroid dienone is 2. The van der Waals surface area contributed by atoms with Gasteiger partial charge in [-0.05, 0) is 44.1 Å². The summed E-state index contributed by atoms with van der Waals surface area (Å²) in [4.78, 5) is 11.5. The maximum absolute atomic E-state index is 11.5. The van der Waals surface area contributed by atoms with Crippen molar-refractivity contribution in [2.45, 2.75) is 31.9 Å². The Bertz CT molecular complexity index is 314. The number of ether oxygens (including phenoxy) is 1. The van der Waals surface area contributed by atoms with Crippen LogP contribution in [-0.2, 0) is 9.53 Å². The van der Waals surface area contributed by atoms with Crippen LogP contribution in [0.5, 0.6) is 0 Å². The Labute approximate surface area is 102 Å². The predicted octanol–water partition coefficient (Wildman–Crippen LogP) is 0.711. The standard InChI is InChI=1S/C13H21NO3/c1-8(15)12(13(16)17-2)14-7-11-6-9-3-4-10(11)5-9/h3-4,8-12,14-15H,5-7H2,1-2H3/t8-,9-,10-,11+,12+/m0/s1. The Kier molecular flexibility index (Phi) is 3.84. The molecule has 4 nitrogen and oxygen atoms in total. The van der Waals surface area contributed by atoms with Crippen molar-refractivity contribution in [3.05, 3.63) is 12.2 Å². The minimum Gasteiger partial charge on any atom is -0.468 e. The summed E-state index contributed by atoms with van der Waals surface area (Å²) in [6, 6.07) is -0.608. The maximum Gasteiger partial charge on any atom is 0.325 e. The highest BCUT2D eigenvalue weighted by Crippen LogP contribution is 2.42. The first-order valence-electron chi connectivity index (χ1n) is 6.29. The molecule has 0 aromatic rings. The molecular weight excluding hydrogens is 218 g/mol. The number of hydrogen-bond donors (Lipinski definition) is 2. The van der Waals surface area contributed by atoms with Crippen molar-refractivity contribution in [2.75, 3.05) is 13.7 Å². The smallest absolute Gasteiger partial charge is 0.325 e. The highest BCUT2D eigenvalue weighted by molar-refractivity contribution is 5.76. The molecular formula is C13H21NO3. The van der Waals surface area contributed by atoms with E-state index in [0.717, 1.165) is 12.5 Å². The fourth-order valence-electron chi connectivity index (χ4n) is 2.99. The van der Waals surface area contributed by atoms with Crippen molar-refractivity contribution in [1.82, 2.24) is 5.32 Å². The Morgan fingerprint density at radius 3 is 2.76 bits per heavy atom. The van der Waals surface area contributed by atoms with Crippen molar-refractivity contribution >= 4 is 5.97 Å². The van der Waals surface area contributed by atoms with Gasteiger partial charge < -0.3 is 15.2 Å². The number of esters is 1. The minimum atomic E-state index is -0.725. The number of fused-ring (bicyclic) bond motifs is 2. The average Bonchev–Trinajstić information content (AvgIpc) is 2.90. The van der Waals surface area contributed by atoms with Crippen molar-refractivity contribution in [2.24, 2.45) is 17.8 Å². The van der Waals surface area contributed by atoms with E-state index in [1.807, 2.05) is 0 Å². The highest BCUT2D eigenvalue weighted by Gasteiger charge is 2.36. The molecule has 0 aromatic carbocycles. The first-order chi connectivity index (χ1) is 8.11. The summed E-state index contributed by atoms with van der Waals surface area (Å²) in [5, 5.41) is 12.7. The van der Waals surface area contributed by atoms with Gasteiger partial charge in [0, 0.05) is 0 Å². The fourth-order valence-corrected chi connectivity index (χ4v) is 2.99. The molecule has 2 rings (SSSR count). The molecule has 4 heteroatoms. The summed E-state index contributed by atoms with van der Waals surface area (Å²) >= 11 is 0. The van der Waals surface area contributed by atoms with E-state index in [4.69, 9.17) is 0 Å². The normalized spacial score (nSPS) is 33.7. The van der Waals surface area contributed by atoms with Crippen LogP contribution in [0.2, 0.25) is 0 Å². The van der Waals surface area contributed by atoms with Gasteiger partial charge in [0.2, 0.25) is 0 Å². The molecule has 2 bridgehead atoms. The average molecular weight is 239 g/mol. The van der Waals surface area contributed by atoms with Crippen molar-refractivity contribution in [3.63, 3.8) is 0 Å². The van der Waals surface area contributed by atoms with Gasteiger partial charge in [0.1, 0.15) is 6.04 Å². The lowest BCUT2D eigenvalue weighted by Crippen LogP contribution is -2.47. The molecule has 2 aliphatic rings. The van der Waals surface area contributed by atoms with Crippen molar-refractivity contribution in [3.8, 4) is 0 Å². The second-order valence-corrected chi connectivity index (χ2v) is 5.19. The van der Waals surface area contributed by atoms with E-state index < -0.39 is 18.1 Å². The Morgan fingerprint density at radius 1 is 1.53 bits per heavy atom. The van der Waals surface area contributed by atoms with Gasteiger partial charge in [-0.2, -0.15) is 0 Å². The van der Waals surface area contributed by atoms with Gasteiger partial charge in [0.05, 0.1) is 13.2 Å². The SMILES string of the molecule is COC(=O)[C@H](NC[C@H]1C[C@H]2C=C[C@H]1C2)[C@H](C)O. The number of rotatable bonds is 5. The number of aliphatic hydroxyl groups excluding tert-OH is 1. The number of carbonyl (C=O) groups is 1. The second-order valence-electron chi connectivity index (χ2n) is 5.19. The Hall–Kier alpha value is -0.870. The summed E-state index contributed by atoms with van der Waals surface area (Å²) in [6.45, 7) is 2.38. The minimum absolute atomic E-state index is 0.390. The Morgan fingerprint density at radius 2 is 2.29 bits per heavy atom. The van der Waals surface area contributed by atoms with Crippen LogP contribution in [0.1, 0.15) is 19.8 Å². The largest absolute Gasteiger partial charge is 0.468 e. The van der Waals surface area contributed by atoms with E-state index >= 15 is 0 Å². The van der Waals surface area contributed by atoms with Gasteiger partial charge >= 0.3 is 5.97 Å². The van der Waals surface area contributed by atoms with Gasteiger partial charge in [-0.1, -0.05) is 12.2 Å². The monoisotopic (exact) mass is 239 g/mol. The van der Waals surface area contributed by atoms with E-state index in [1.54, 1.807) is 6.92 Å². The maximum atomic E-state index is 11.5. The third-order valence-electron chi connectivity index (χ3n) is 3.95. The molecule has 0 spiro atoms. The van der Waals surface area contributed by atoms with Crippen LogP contribution in [0.3, 0.4) is 0 Å². The summed E-state index contributed by atoms with van der Waals surface area (Å²) in [5.74, 6) is 1.59. The third kappa shape index (κ3) is 2.69. The molecule has 0 heterocycles. The number of nitrogens with one attached hydrogen (secondary N) is 1. The summed E-state index contributed by atoms with van der Waals surface area (Å²) in [7, 11) is 1.35. The molecule has 0 aliphatic heterocycles. The number of aliphatic hydroxyl groups is 1. The zero-order valence-corrected chi connectivity index (χ0v) is 10.4. The molecule has 5 atom stereocenters. The lowest BCUT2D eigenvalue weighted by molar-refractivity contribution is -0.145. The second kappa shape index (κ2) is 5.19. The third-order valence-corrected chi connectivity index (χ3v) is 3.95. The summed E-state index contributed by atoms with van der Waals surface area (Å²) in [6.07, 6.45) is 6.31. The molecule has 1 saturated carbocycles. The van der Waals surface area contributed by atoms with Gasteiger partial charge in [0.25, 0.3) is 0 Å². The quantitative estimate of drug-likeness (QED) is 0.548. The van der Waals surface area contributed by atoms with E-state index in [-0.39, 0.29) is 0 Å².